The van der Waals surface area contributed by atoms with Gasteiger partial charge in [0.15, 0.2) is 0 Å². The van der Waals surface area contributed by atoms with Gasteiger partial charge in [0.05, 0.1) is 5.02 Å². The van der Waals surface area contributed by atoms with Crippen molar-refractivity contribution in [2.24, 2.45) is 11.8 Å². The molecule has 3 unspecified atom stereocenters. The number of halogens is 3. The number of rotatable bonds is 4. The number of hydrogen-bond donors (Lipinski definition) is 0. The Morgan fingerprint density at radius 3 is 2.84 bits per heavy atom. The minimum absolute atomic E-state index is 0.173. The molecule has 1 aliphatic rings. The minimum atomic E-state index is -0.273. The Kier molecular flexibility index (Phi) is 5.53. The molecule has 3 atom stereocenters. The molecule has 0 radical (unpaired) electrons. The third-order valence-electron chi connectivity index (χ3n) is 4.21. The SMILES string of the molecule is CCCC1CCC(Cl)C(Cc2cccc(Cl)c2F)C1. The van der Waals surface area contributed by atoms with Crippen LogP contribution in [-0.2, 0) is 6.42 Å². The van der Waals surface area contributed by atoms with Gasteiger partial charge in [-0.2, -0.15) is 0 Å². The maximum absolute atomic E-state index is 14.0. The number of benzene rings is 1. The molecule has 0 N–H and O–H groups in total. The van der Waals surface area contributed by atoms with Crippen LogP contribution in [0.2, 0.25) is 5.02 Å². The highest BCUT2D eigenvalue weighted by atomic mass is 35.5. The van der Waals surface area contributed by atoms with Crippen LogP contribution in [0.4, 0.5) is 4.39 Å². The van der Waals surface area contributed by atoms with E-state index in [4.69, 9.17) is 23.2 Å². The molecule has 106 valence electrons. The molecule has 2 rings (SSSR count). The third kappa shape index (κ3) is 3.86. The molecule has 0 aliphatic heterocycles. The largest absolute Gasteiger partial charge is 0.205 e. The summed E-state index contributed by atoms with van der Waals surface area (Å²) in [5.74, 6) is 0.859. The molecule has 1 aliphatic carbocycles. The van der Waals surface area contributed by atoms with Gasteiger partial charge in [-0.1, -0.05) is 43.5 Å². The highest BCUT2D eigenvalue weighted by molar-refractivity contribution is 6.30. The second kappa shape index (κ2) is 6.95. The van der Waals surface area contributed by atoms with Gasteiger partial charge in [0.2, 0.25) is 0 Å². The van der Waals surface area contributed by atoms with E-state index in [1.54, 1.807) is 6.07 Å². The zero-order valence-electron chi connectivity index (χ0n) is 11.3. The summed E-state index contributed by atoms with van der Waals surface area (Å²) in [6.45, 7) is 2.22. The van der Waals surface area contributed by atoms with Gasteiger partial charge in [-0.15, -0.1) is 11.6 Å². The molecule has 0 amide bonds. The van der Waals surface area contributed by atoms with Crippen LogP contribution >= 0.6 is 23.2 Å². The van der Waals surface area contributed by atoms with Crippen molar-refractivity contribution in [3.63, 3.8) is 0 Å². The Bertz CT molecular complexity index is 419. The first kappa shape index (κ1) is 15.1. The number of hydrogen-bond acceptors (Lipinski definition) is 0. The highest BCUT2D eigenvalue weighted by Gasteiger charge is 2.29. The summed E-state index contributed by atoms with van der Waals surface area (Å²) in [5, 5.41) is 0.385. The molecule has 0 spiro atoms. The van der Waals surface area contributed by atoms with Crippen molar-refractivity contribution in [1.29, 1.82) is 0 Å². The Labute approximate surface area is 125 Å². The molecule has 0 saturated heterocycles. The summed E-state index contributed by atoms with van der Waals surface area (Å²) >= 11 is 12.3. The van der Waals surface area contributed by atoms with Crippen LogP contribution in [0.5, 0.6) is 0 Å². The van der Waals surface area contributed by atoms with E-state index in [1.807, 2.05) is 12.1 Å². The zero-order chi connectivity index (χ0) is 13.8. The lowest BCUT2D eigenvalue weighted by atomic mass is 9.76. The van der Waals surface area contributed by atoms with Crippen LogP contribution in [0.3, 0.4) is 0 Å². The molecular formula is C16H21Cl2F. The molecule has 1 aromatic rings. The fourth-order valence-electron chi connectivity index (χ4n) is 3.19. The van der Waals surface area contributed by atoms with Crippen LogP contribution < -0.4 is 0 Å². The zero-order valence-corrected chi connectivity index (χ0v) is 12.9. The lowest BCUT2D eigenvalue weighted by molar-refractivity contribution is 0.256. The summed E-state index contributed by atoms with van der Waals surface area (Å²) in [6, 6.07) is 5.24. The summed E-state index contributed by atoms with van der Waals surface area (Å²) in [4.78, 5) is 0. The molecule has 0 aromatic heterocycles. The molecular weight excluding hydrogens is 282 g/mol. The van der Waals surface area contributed by atoms with Crippen molar-refractivity contribution in [2.45, 2.75) is 50.8 Å². The first-order valence-corrected chi connectivity index (χ1v) is 8.00. The summed E-state index contributed by atoms with van der Waals surface area (Å²) in [5.41, 5.74) is 0.709. The van der Waals surface area contributed by atoms with Crippen molar-refractivity contribution < 1.29 is 4.39 Å². The topological polar surface area (TPSA) is 0 Å². The number of alkyl halides is 1. The molecule has 19 heavy (non-hydrogen) atoms. The van der Waals surface area contributed by atoms with Gasteiger partial charge in [-0.3, -0.25) is 0 Å². The van der Waals surface area contributed by atoms with Crippen molar-refractivity contribution in [2.75, 3.05) is 0 Å². The Hall–Kier alpha value is -0.270. The molecule has 1 aromatic carbocycles. The first-order valence-electron chi connectivity index (χ1n) is 7.18. The second-order valence-electron chi connectivity index (χ2n) is 5.66. The molecule has 3 heteroatoms. The van der Waals surface area contributed by atoms with Crippen molar-refractivity contribution >= 4 is 23.2 Å². The van der Waals surface area contributed by atoms with E-state index in [1.165, 1.54) is 19.3 Å². The van der Waals surface area contributed by atoms with Gasteiger partial charge in [-0.05, 0) is 49.1 Å². The lowest BCUT2D eigenvalue weighted by Crippen LogP contribution is -2.27. The highest BCUT2D eigenvalue weighted by Crippen LogP contribution is 2.37. The maximum Gasteiger partial charge on any atom is 0.144 e. The van der Waals surface area contributed by atoms with Gasteiger partial charge in [0.1, 0.15) is 5.82 Å². The van der Waals surface area contributed by atoms with Gasteiger partial charge in [-0.25, -0.2) is 4.39 Å². The van der Waals surface area contributed by atoms with E-state index in [0.717, 1.165) is 18.8 Å². The van der Waals surface area contributed by atoms with Gasteiger partial charge in [0, 0.05) is 5.38 Å². The van der Waals surface area contributed by atoms with Gasteiger partial charge >= 0.3 is 0 Å². The minimum Gasteiger partial charge on any atom is -0.205 e. The van der Waals surface area contributed by atoms with Crippen molar-refractivity contribution in [1.82, 2.24) is 0 Å². The summed E-state index contributed by atoms with van der Waals surface area (Å²) < 4.78 is 14.0. The molecule has 1 fully saturated rings. The fourth-order valence-corrected chi connectivity index (χ4v) is 3.71. The van der Waals surface area contributed by atoms with Crippen LogP contribution in [0.1, 0.15) is 44.6 Å². The third-order valence-corrected chi connectivity index (χ3v) is 5.08. The molecule has 1 saturated carbocycles. The van der Waals surface area contributed by atoms with Crippen molar-refractivity contribution in [3.8, 4) is 0 Å². The Morgan fingerprint density at radius 1 is 1.32 bits per heavy atom. The van der Waals surface area contributed by atoms with Crippen LogP contribution in [-0.4, -0.2) is 5.38 Å². The Morgan fingerprint density at radius 2 is 2.11 bits per heavy atom. The van der Waals surface area contributed by atoms with E-state index >= 15 is 0 Å². The summed E-state index contributed by atoms with van der Waals surface area (Å²) in [7, 11) is 0. The van der Waals surface area contributed by atoms with E-state index < -0.39 is 0 Å². The predicted octanol–water partition coefficient (Wildman–Crippen LogP) is 5.85. The van der Waals surface area contributed by atoms with Gasteiger partial charge < -0.3 is 0 Å². The van der Waals surface area contributed by atoms with Crippen LogP contribution in [0.25, 0.3) is 0 Å². The summed E-state index contributed by atoms with van der Waals surface area (Å²) in [6.07, 6.45) is 6.58. The lowest BCUT2D eigenvalue weighted by Gasteiger charge is -2.33. The van der Waals surface area contributed by atoms with E-state index in [-0.39, 0.29) is 16.2 Å². The van der Waals surface area contributed by atoms with E-state index in [0.29, 0.717) is 17.9 Å². The molecule has 0 heterocycles. The average molecular weight is 303 g/mol. The second-order valence-corrected chi connectivity index (χ2v) is 6.63. The Balaban J connectivity index is 2.05. The smallest absolute Gasteiger partial charge is 0.144 e. The van der Waals surface area contributed by atoms with E-state index in [9.17, 15) is 4.39 Å². The molecule has 0 bridgehead atoms. The normalized spacial score (nSPS) is 27.5. The quantitative estimate of drug-likeness (QED) is 0.612. The molecule has 0 nitrogen and oxygen atoms in total. The predicted molar refractivity (Wildman–Crippen MR) is 80.5 cm³/mol. The monoisotopic (exact) mass is 302 g/mol. The maximum atomic E-state index is 14.0. The van der Waals surface area contributed by atoms with E-state index in [2.05, 4.69) is 6.92 Å². The average Bonchev–Trinajstić information content (AvgIpc) is 2.39. The fraction of sp³-hybridized carbons (Fsp3) is 0.625. The standard InChI is InChI=1S/C16H21Cl2F/c1-2-4-11-7-8-14(17)13(9-11)10-12-5-3-6-15(18)16(12)19/h3,5-6,11,13-14H,2,4,7-10H2,1H3. The van der Waals surface area contributed by atoms with Gasteiger partial charge in [0.25, 0.3) is 0 Å². The van der Waals surface area contributed by atoms with Crippen LogP contribution in [0.15, 0.2) is 18.2 Å². The first-order chi connectivity index (χ1) is 9.11. The van der Waals surface area contributed by atoms with Crippen LogP contribution in [0, 0.1) is 17.7 Å². The van der Waals surface area contributed by atoms with Crippen molar-refractivity contribution in [3.05, 3.63) is 34.6 Å².